The van der Waals surface area contributed by atoms with Crippen LogP contribution in [0.5, 0.6) is 5.75 Å². The van der Waals surface area contributed by atoms with Gasteiger partial charge in [-0.25, -0.2) is 0 Å². The lowest BCUT2D eigenvalue weighted by Gasteiger charge is -2.02. The fraction of sp³-hybridized carbons (Fsp3) is 0.250. The highest BCUT2D eigenvalue weighted by atomic mass is 35.5. The average molecular weight is 173 g/mol. The minimum absolute atomic E-state index is 0.180. The zero-order valence-electron chi connectivity index (χ0n) is 6.17. The molecule has 1 N–H and O–H groups in total. The van der Waals surface area contributed by atoms with E-state index >= 15 is 0 Å². The van der Waals surface area contributed by atoms with Crippen molar-refractivity contribution in [2.45, 2.75) is 6.61 Å². The first-order chi connectivity index (χ1) is 5.24. The summed E-state index contributed by atoms with van der Waals surface area (Å²) in [5.74, 6) is 0.180. The summed E-state index contributed by atoms with van der Waals surface area (Å²) >= 11 is 5.62. The summed E-state index contributed by atoms with van der Waals surface area (Å²) in [6, 6.07) is 4.95. The molecule has 1 rings (SSSR count). The van der Waals surface area contributed by atoms with Crippen LogP contribution in [0.4, 0.5) is 0 Å². The Kier molecular flexibility index (Phi) is 2.74. The molecular formula is C8H9ClO2. The molecule has 0 spiro atoms. The molecule has 11 heavy (non-hydrogen) atoms. The van der Waals surface area contributed by atoms with E-state index in [0.29, 0.717) is 11.6 Å². The van der Waals surface area contributed by atoms with Gasteiger partial charge >= 0.3 is 0 Å². The number of phenols is 1. The van der Waals surface area contributed by atoms with Gasteiger partial charge in [0.1, 0.15) is 5.75 Å². The van der Waals surface area contributed by atoms with Gasteiger partial charge in [-0.2, -0.15) is 0 Å². The molecular weight excluding hydrogens is 164 g/mol. The molecule has 0 saturated heterocycles. The molecule has 1 aromatic rings. The van der Waals surface area contributed by atoms with E-state index in [4.69, 9.17) is 16.3 Å². The molecule has 0 fully saturated rings. The third kappa shape index (κ3) is 2.10. The van der Waals surface area contributed by atoms with Crippen LogP contribution in [0.2, 0.25) is 5.02 Å². The van der Waals surface area contributed by atoms with E-state index in [2.05, 4.69) is 0 Å². The summed E-state index contributed by atoms with van der Waals surface area (Å²) in [7, 11) is 1.58. The van der Waals surface area contributed by atoms with Gasteiger partial charge in [-0.1, -0.05) is 17.7 Å². The first kappa shape index (κ1) is 8.37. The van der Waals surface area contributed by atoms with Gasteiger partial charge in [-0.3, -0.25) is 0 Å². The fourth-order valence-corrected chi connectivity index (χ4v) is 0.981. The van der Waals surface area contributed by atoms with Crippen molar-refractivity contribution in [3.8, 4) is 5.75 Å². The first-order valence-electron chi connectivity index (χ1n) is 3.20. The molecule has 2 nitrogen and oxygen atoms in total. The molecule has 0 aliphatic carbocycles. The van der Waals surface area contributed by atoms with Crippen molar-refractivity contribution in [1.29, 1.82) is 0 Å². The van der Waals surface area contributed by atoms with Crippen LogP contribution in [0, 0.1) is 0 Å². The van der Waals surface area contributed by atoms with Gasteiger partial charge in [0.15, 0.2) is 0 Å². The zero-order chi connectivity index (χ0) is 8.27. The van der Waals surface area contributed by atoms with E-state index in [9.17, 15) is 5.11 Å². The maximum Gasteiger partial charge on any atom is 0.122 e. The van der Waals surface area contributed by atoms with Crippen LogP contribution in [0.1, 0.15) is 5.56 Å². The van der Waals surface area contributed by atoms with Gasteiger partial charge in [0.05, 0.1) is 6.61 Å². The summed E-state index contributed by atoms with van der Waals surface area (Å²) in [5, 5.41) is 9.79. The quantitative estimate of drug-likeness (QED) is 0.741. The molecule has 3 heteroatoms. The number of methoxy groups -OCH3 is 1. The van der Waals surface area contributed by atoms with Gasteiger partial charge in [0.25, 0.3) is 0 Å². The van der Waals surface area contributed by atoms with Gasteiger partial charge < -0.3 is 9.84 Å². The molecule has 60 valence electrons. The maximum atomic E-state index is 9.26. The SMILES string of the molecule is COCc1ccc(Cl)cc1O. The van der Waals surface area contributed by atoms with E-state index in [1.54, 1.807) is 19.2 Å². The monoisotopic (exact) mass is 172 g/mol. The Morgan fingerprint density at radius 3 is 2.82 bits per heavy atom. The Bertz CT molecular complexity index is 248. The number of aromatic hydroxyl groups is 1. The van der Waals surface area contributed by atoms with E-state index in [0.717, 1.165) is 5.56 Å². The number of hydrogen-bond donors (Lipinski definition) is 1. The molecule has 0 heterocycles. The third-order valence-electron chi connectivity index (χ3n) is 1.35. The van der Waals surface area contributed by atoms with Crippen LogP contribution in [0.25, 0.3) is 0 Å². The molecule has 1 aromatic carbocycles. The fourth-order valence-electron chi connectivity index (χ4n) is 0.815. The lowest BCUT2D eigenvalue weighted by atomic mass is 10.2. The summed E-state index contributed by atoms with van der Waals surface area (Å²) in [6.07, 6.45) is 0. The Morgan fingerprint density at radius 2 is 2.27 bits per heavy atom. The smallest absolute Gasteiger partial charge is 0.122 e. The molecule has 0 aliphatic rings. The second-order valence-corrected chi connectivity index (χ2v) is 2.64. The summed E-state index contributed by atoms with van der Waals surface area (Å²) in [5.41, 5.74) is 0.747. The number of rotatable bonds is 2. The van der Waals surface area contributed by atoms with Crippen molar-refractivity contribution in [1.82, 2.24) is 0 Å². The standard InChI is InChI=1S/C8H9ClO2/c1-11-5-6-2-3-7(9)4-8(6)10/h2-4,10H,5H2,1H3. The van der Waals surface area contributed by atoms with Gasteiger partial charge in [0, 0.05) is 17.7 Å². The van der Waals surface area contributed by atoms with Gasteiger partial charge in [-0.15, -0.1) is 0 Å². The van der Waals surface area contributed by atoms with Crippen molar-refractivity contribution in [2.75, 3.05) is 7.11 Å². The van der Waals surface area contributed by atoms with Crippen molar-refractivity contribution in [3.05, 3.63) is 28.8 Å². The number of ether oxygens (including phenoxy) is 1. The molecule has 0 amide bonds. The topological polar surface area (TPSA) is 29.5 Å². The summed E-state index contributed by atoms with van der Waals surface area (Å²) in [6.45, 7) is 0.406. The molecule has 0 unspecified atom stereocenters. The summed E-state index contributed by atoms with van der Waals surface area (Å²) in [4.78, 5) is 0. The molecule has 0 saturated carbocycles. The Morgan fingerprint density at radius 1 is 1.55 bits per heavy atom. The van der Waals surface area contributed by atoms with Crippen molar-refractivity contribution < 1.29 is 9.84 Å². The molecule has 0 atom stereocenters. The Hall–Kier alpha value is -0.730. The van der Waals surface area contributed by atoms with Crippen LogP contribution >= 0.6 is 11.6 Å². The minimum Gasteiger partial charge on any atom is -0.508 e. The van der Waals surface area contributed by atoms with E-state index in [-0.39, 0.29) is 5.75 Å². The molecule has 0 aliphatic heterocycles. The molecule has 0 radical (unpaired) electrons. The predicted octanol–water partition coefficient (Wildman–Crippen LogP) is 2.19. The highest BCUT2D eigenvalue weighted by Crippen LogP contribution is 2.21. The third-order valence-corrected chi connectivity index (χ3v) is 1.58. The number of phenolic OH excluding ortho intramolecular Hbond substituents is 1. The van der Waals surface area contributed by atoms with Gasteiger partial charge in [-0.05, 0) is 12.1 Å². The highest BCUT2D eigenvalue weighted by molar-refractivity contribution is 6.30. The van der Waals surface area contributed by atoms with Crippen LogP contribution in [-0.4, -0.2) is 12.2 Å². The van der Waals surface area contributed by atoms with Crippen molar-refractivity contribution in [2.24, 2.45) is 0 Å². The largest absolute Gasteiger partial charge is 0.508 e. The number of hydrogen-bond acceptors (Lipinski definition) is 2. The minimum atomic E-state index is 0.180. The van der Waals surface area contributed by atoms with Crippen LogP contribution < -0.4 is 0 Å². The molecule has 0 aromatic heterocycles. The number of benzene rings is 1. The van der Waals surface area contributed by atoms with E-state index in [1.165, 1.54) is 6.07 Å². The normalized spacial score (nSPS) is 10.0. The number of halogens is 1. The zero-order valence-corrected chi connectivity index (χ0v) is 6.93. The van der Waals surface area contributed by atoms with Crippen LogP contribution in [0.3, 0.4) is 0 Å². The van der Waals surface area contributed by atoms with Crippen molar-refractivity contribution in [3.63, 3.8) is 0 Å². The van der Waals surface area contributed by atoms with E-state index < -0.39 is 0 Å². The van der Waals surface area contributed by atoms with Gasteiger partial charge in [0.2, 0.25) is 0 Å². The maximum absolute atomic E-state index is 9.26. The van der Waals surface area contributed by atoms with Crippen molar-refractivity contribution >= 4 is 11.6 Å². The summed E-state index contributed by atoms with van der Waals surface area (Å²) < 4.78 is 4.85. The first-order valence-corrected chi connectivity index (χ1v) is 3.58. The van der Waals surface area contributed by atoms with E-state index in [1.807, 2.05) is 0 Å². The van der Waals surface area contributed by atoms with Crippen LogP contribution in [0.15, 0.2) is 18.2 Å². The Balaban J connectivity index is 2.90. The predicted molar refractivity (Wildman–Crippen MR) is 43.8 cm³/mol. The Labute approximate surface area is 70.4 Å². The average Bonchev–Trinajstić information content (AvgIpc) is 1.95. The highest BCUT2D eigenvalue weighted by Gasteiger charge is 1.99. The van der Waals surface area contributed by atoms with Crippen LogP contribution in [-0.2, 0) is 11.3 Å². The molecule has 0 bridgehead atoms. The lowest BCUT2D eigenvalue weighted by molar-refractivity contribution is 0.182. The lowest BCUT2D eigenvalue weighted by Crippen LogP contribution is -1.87. The second-order valence-electron chi connectivity index (χ2n) is 2.21. The second kappa shape index (κ2) is 3.60.